The number of aryl methyl sites for hydroxylation is 3. The Morgan fingerprint density at radius 2 is 1.26 bits per heavy atom. The van der Waals surface area contributed by atoms with Crippen molar-refractivity contribution >= 4 is 5.78 Å². The molecule has 3 aromatic rings. The van der Waals surface area contributed by atoms with Crippen LogP contribution in [0.3, 0.4) is 0 Å². The van der Waals surface area contributed by atoms with E-state index in [0.717, 1.165) is 30.4 Å². The number of hydrogen-bond acceptors (Lipinski definition) is 1. The van der Waals surface area contributed by atoms with Gasteiger partial charge in [0.1, 0.15) is 5.78 Å². The second kappa shape index (κ2) is 11.6. The molecule has 0 N–H and O–H groups in total. The standard InChI is InChI=1S/C30H36O/c1-4-6-7-9-25-14-16-27(17-15-25)29-19-18-28(23(3)20-29)22-30(31)21-26-12-10-24(8-5-2)11-13-26/h10-20H,4-9,21-22H2,1-3H3. The molecule has 0 aromatic heterocycles. The fourth-order valence-corrected chi connectivity index (χ4v) is 4.13. The van der Waals surface area contributed by atoms with Gasteiger partial charge in [-0.05, 0) is 65.1 Å². The summed E-state index contributed by atoms with van der Waals surface area (Å²) in [6.07, 6.45) is 8.24. The first kappa shape index (κ1) is 23.0. The summed E-state index contributed by atoms with van der Waals surface area (Å²) >= 11 is 0. The van der Waals surface area contributed by atoms with Crippen molar-refractivity contribution in [2.45, 2.75) is 72.1 Å². The summed E-state index contributed by atoms with van der Waals surface area (Å²) in [5.74, 6) is 0.274. The Kier molecular flexibility index (Phi) is 8.64. The van der Waals surface area contributed by atoms with E-state index in [2.05, 4.69) is 87.5 Å². The first-order chi connectivity index (χ1) is 15.1. The predicted molar refractivity (Wildman–Crippen MR) is 133 cm³/mol. The molecular formula is C30H36O. The summed E-state index contributed by atoms with van der Waals surface area (Å²) < 4.78 is 0. The van der Waals surface area contributed by atoms with Crippen molar-refractivity contribution in [1.29, 1.82) is 0 Å². The van der Waals surface area contributed by atoms with Crippen LogP contribution in [0.25, 0.3) is 11.1 Å². The van der Waals surface area contributed by atoms with Gasteiger partial charge in [0.05, 0.1) is 0 Å². The highest BCUT2D eigenvalue weighted by atomic mass is 16.1. The van der Waals surface area contributed by atoms with Crippen LogP contribution in [0.4, 0.5) is 0 Å². The zero-order chi connectivity index (χ0) is 22.1. The third-order valence-corrected chi connectivity index (χ3v) is 6.05. The summed E-state index contributed by atoms with van der Waals surface area (Å²) in [6, 6.07) is 24.0. The minimum Gasteiger partial charge on any atom is -0.299 e. The number of ketones is 1. The normalized spacial score (nSPS) is 10.9. The van der Waals surface area contributed by atoms with Crippen LogP contribution in [-0.2, 0) is 30.5 Å². The van der Waals surface area contributed by atoms with Gasteiger partial charge in [0.15, 0.2) is 0 Å². The van der Waals surface area contributed by atoms with Crippen molar-refractivity contribution < 1.29 is 4.79 Å². The average Bonchev–Trinajstić information content (AvgIpc) is 2.77. The zero-order valence-corrected chi connectivity index (χ0v) is 19.4. The molecule has 31 heavy (non-hydrogen) atoms. The highest BCUT2D eigenvalue weighted by molar-refractivity contribution is 5.83. The van der Waals surface area contributed by atoms with Crippen molar-refractivity contribution in [3.8, 4) is 11.1 Å². The molecule has 0 saturated carbocycles. The van der Waals surface area contributed by atoms with E-state index >= 15 is 0 Å². The van der Waals surface area contributed by atoms with Crippen LogP contribution in [0.5, 0.6) is 0 Å². The molecule has 0 saturated heterocycles. The lowest BCUT2D eigenvalue weighted by molar-refractivity contribution is -0.117. The van der Waals surface area contributed by atoms with Gasteiger partial charge in [-0.1, -0.05) is 99.8 Å². The van der Waals surface area contributed by atoms with Gasteiger partial charge in [-0.2, -0.15) is 0 Å². The molecule has 0 aliphatic carbocycles. The minimum atomic E-state index is 0.274. The van der Waals surface area contributed by atoms with Gasteiger partial charge < -0.3 is 0 Å². The Labute approximate surface area is 188 Å². The van der Waals surface area contributed by atoms with Crippen LogP contribution in [0.2, 0.25) is 0 Å². The van der Waals surface area contributed by atoms with E-state index < -0.39 is 0 Å². The summed E-state index contributed by atoms with van der Waals surface area (Å²) in [4.78, 5) is 12.6. The molecule has 0 bridgehead atoms. The number of hydrogen-bond donors (Lipinski definition) is 0. The molecule has 1 nitrogen and oxygen atoms in total. The van der Waals surface area contributed by atoms with Gasteiger partial charge in [0.2, 0.25) is 0 Å². The molecule has 1 heteroatoms. The Hall–Kier alpha value is -2.67. The highest BCUT2D eigenvalue weighted by Crippen LogP contribution is 2.24. The molecule has 0 fully saturated rings. The molecular weight excluding hydrogens is 376 g/mol. The lowest BCUT2D eigenvalue weighted by Crippen LogP contribution is -2.07. The second-order valence-electron chi connectivity index (χ2n) is 8.75. The average molecular weight is 413 g/mol. The van der Waals surface area contributed by atoms with E-state index in [-0.39, 0.29) is 5.78 Å². The molecule has 3 rings (SSSR count). The number of carbonyl (C=O) groups is 1. The van der Waals surface area contributed by atoms with Crippen molar-refractivity contribution in [2.24, 2.45) is 0 Å². The zero-order valence-electron chi connectivity index (χ0n) is 19.4. The SMILES string of the molecule is CCCCCc1ccc(-c2ccc(CC(=O)Cc3ccc(CCC)cc3)c(C)c2)cc1. The molecule has 162 valence electrons. The van der Waals surface area contributed by atoms with Gasteiger partial charge in [-0.25, -0.2) is 0 Å². The van der Waals surface area contributed by atoms with E-state index in [1.54, 1.807) is 0 Å². The number of carbonyl (C=O) groups excluding carboxylic acids is 1. The Bertz CT molecular complexity index is 964. The number of unbranched alkanes of at least 4 members (excludes halogenated alkanes) is 2. The van der Waals surface area contributed by atoms with Crippen LogP contribution in [0.15, 0.2) is 66.7 Å². The first-order valence-electron chi connectivity index (χ1n) is 11.9. The van der Waals surface area contributed by atoms with E-state index in [1.807, 2.05) is 0 Å². The summed E-state index contributed by atoms with van der Waals surface area (Å²) in [5, 5.41) is 0. The van der Waals surface area contributed by atoms with E-state index in [9.17, 15) is 4.79 Å². The molecule has 3 aromatic carbocycles. The fourth-order valence-electron chi connectivity index (χ4n) is 4.13. The monoisotopic (exact) mass is 412 g/mol. The Morgan fingerprint density at radius 3 is 1.90 bits per heavy atom. The highest BCUT2D eigenvalue weighted by Gasteiger charge is 2.09. The van der Waals surface area contributed by atoms with Crippen molar-refractivity contribution in [1.82, 2.24) is 0 Å². The summed E-state index contributed by atoms with van der Waals surface area (Å²) in [6.45, 7) is 6.55. The first-order valence-corrected chi connectivity index (χ1v) is 11.9. The Morgan fingerprint density at radius 1 is 0.645 bits per heavy atom. The lowest BCUT2D eigenvalue weighted by Gasteiger charge is -2.10. The summed E-state index contributed by atoms with van der Waals surface area (Å²) in [7, 11) is 0. The van der Waals surface area contributed by atoms with E-state index in [0.29, 0.717) is 12.8 Å². The van der Waals surface area contributed by atoms with Crippen LogP contribution in [-0.4, -0.2) is 5.78 Å². The quantitative estimate of drug-likeness (QED) is 0.295. The van der Waals surface area contributed by atoms with Crippen molar-refractivity contribution in [3.05, 3.63) is 94.5 Å². The molecule has 0 unspecified atom stereocenters. The maximum absolute atomic E-state index is 12.6. The van der Waals surface area contributed by atoms with E-state index in [1.165, 1.54) is 47.1 Å². The van der Waals surface area contributed by atoms with Gasteiger partial charge in [-0.3, -0.25) is 4.79 Å². The lowest BCUT2D eigenvalue weighted by atomic mass is 9.95. The van der Waals surface area contributed by atoms with Crippen molar-refractivity contribution in [2.75, 3.05) is 0 Å². The number of Topliss-reactive ketones (excluding diaryl/α,β-unsaturated/α-hetero) is 1. The van der Waals surface area contributed by atoms with Crippen LogP contribution < -0.4 is 0 Å². The second-order valence-corrected chi connectivity index (χ2v) is 8.75. The minimum absolute atomic E-state index is 0.274. The van der Waals surface area contributed by atoms with Gasteiger partial charge in [0.25, 0.3) is 0 Å². The van der Waals surface area contributed by atoms with Crippen LogP contribution >= 0.6 is 0 Å². The van der Waals surface area contributed by atoms with Crippen LogP contribution in [0.1, 0.15) is 67.3 Å². The smallest absolute Gasteiger partial charge is 0.141 e. The number of rotatable bonds is 11. The van der Waals surface area contributed by atoms with Gasteiger partial charge >= 0.3 is 0 Å². The largest absolute Gasteiger partial charge is 0.299 e. The maximum Gasteiger partial charge on any atom is 0.141 e. The van der Waals surface area contributed by atoms with Crippen LogP contribution in [0, 0.1) is 6.92 Å². The Balaban J connectivity index is 1.60. The van der Waals surface area contributed by atoms with E-state index in [4.69, 9.17) is 0 Å². The third kappa shape index (κ3) is 6.92. The molecule has 0 atom stereocenters. The maximum atomic E-state index is 12.6. The van der Waals surface area contributed by atoms with Gasteiger partial charge in [0, 0.05) is 12.8 Å². The third-order valence-electron chi connectivity index (χ3n) is 6.05. The number of benzene rings is 3. The molecule has 0 amide bonds. The molecule has 0 radical (unpaired) electrons. The fraction of sp³-hybridized carbons (Fsp3) is 0.367. The summed E-state index contributed by atoms with van der Waals surface area (Å²) in [5.41, 5.74) is 8.66. The molecule has 0 aliphatic heterocycles. The molecule has 0 heterocycles. The van der Waals surface area contributed by atoms with Crippen molar-refractivity contribution in [3.63, 3.8) is 0 Å². The topological polar surface area (TPSA) is 17.1 Å². The molecule has 0 spiro atoms. The predicted octanol–water partition coefficient (Wildman–Crippen LogP) is 7.70. The van der Waals surface area contributed by atoms with Gasteiger partial charge in [-0.15, -0.1) is 0 Å². The molecule has 0 aliphatic rings.